The Balaban J connectivity index is 2.11. The van der Waals surface area contributed by atoms with E-state index >= 15 is 0 Å². The molecule has 96 valence electrons. The fraction of sp³-hybridized carbons (Fsp3) is 0.0769. The number of nitrogens with one attached hydrogen (secondary N) is 1. The van der Waals surface area contributed by atoms with Crippen LogP contribution in [0.2, 0.25) is 0 Å². The van der Waals surface area contributed by atoms with Crippen molar-refractivity contribution in [3.63, 3.8) is 0 Å². The van der Waals surface area contributed by atoms with Crippen LogP contribution >= 0.6 is 0 Å². The molecule has 2 heterocycles. The largest absolute Gasteiger partial charge is 0.477 e. The number of carbonyl (C=O) groups excluding carboxylic acids is 1. The highest BCUT2D eigenvalue weighted by Gasteiger charge is 2.09. The second-order valence-corrected chi connectivity index (χ2v) is 3.88. The molecule has 19 heavy (non-hydrogen) atoms. The summed E-state index contributed by atoms with van der Waals surface area (Å²) in [4.78, 5) is 30.2. The summed E-state index contributed by atoms with van der Waals surface area (Å²) in [5.41, 5.74) is 1.60. The number of carbonyl (C=O) groups is 2. The molecule has 0 unspecified atom stereocenters. The Morgan fingerprint density at radius 2 is 1.89 bits per heavy atom. The van der Waals surface area contributed by atoms with Crippen LogP contribution in [0.3, 0.4) is 0 Å². The molecule has 6 heteroatoms. The molecule has 0 aliphatic carbocycles. The van der Waals surface area contributed by atoms with Gasteiger partial charge >= 0.3 is 5.97 Å². The van der Waals surface area contributed by atoms with Crippen LogP contribution in [0.4, 0.5) is 5.69 Å². The minimum Gasteiger partial charge on any atom is -0.477 e. The first-order valence-electron chi connectivity index (χ1n) is 5.49. The molecule has 0 aliphatic heterocycles. The van der Waals surface area contributed by atoms with E-state index in [0.717, 1.165) is 5.69 Å². The van der Waals surface area contributed by atoms with E-state index in [-0.39, 0.29) is 17.2 Å². The van der Waals surface area contributed by atoms with Gasteiger partial charge in [0.15, 0.2) is 0 Å². The number of carboxylic acid groups (broad SMARTS) is 1. The number of rotatable bonds is 3. The Morgan fingerprint density at radius 3 is 2.42 bits per heavy atom. The van der Waals surface area contributed by atoms with Crippen molar-refractivity contribution in [3.05, 3.63) is 53.6 Å². The summed E-state index contributed by atoms with van der Waals surface area (Å²) in [6, 6.07) is 6.21. The highest BCUT2D eigenvalue weighted by atomic mass is 16.4. The number of nitrogens with zero attached hydrogens (tertiary/aromatic N) is 2. The van der Waals surface area contributed by atoms with Gasteiger partial charge in [-0.3, -0.25) is 9.78 Å². The summed E-state index contributed by atoms with van der Waals surface area (Å²) < 4.78 is 0. The van der Waals surface area contributed by atoms with Gasteiger partial charge in [0.05, 0.1) is 17.4 Å². The van der Waals surface area contributed by atoms with Gasteiger partial charge in [-0.15, -0.1) is 0 Å². The summed E-state index contributed by atoms with van der Waals surface area (Å²) >= 11 is 0. The number of aromatic nitrogens is 2. The van der Waals surface area contributed by atoms with E-state index in [4.69, 9.17) is 5.11 Å². The number of amides is 1. The van der Waals surface area contributed by atoms with E-state index in [1.165, 1.54) is 18.3 Å². The van der Waals surface area contributed by atoms with Crippen molar-refractivity contribution in [2.45, 2.75) is 6.92 Å². The molecule has 2 rings (SSSR count). The number of pyridine rings is 2. The molecular weight excluding hydrogens is 246 g/mol. The number of hydrogen-bond donors (Lipinski definition) is 2. The summed E-state index contributed by atoms with van der Waals surface area (Å²) in [6.07, 6.45) is 2.77. The summed E-state index contributed by atoms with van der Waals surface area (Å²) in [5.74, 6) is -1.50. The lowest BCUT2D eigenvalue weighted by molar-refractivity contribution is 0.0690. The Hall–Kier alpha value is -2.76. The van der Waals surface area contributed by atoms with Gasteiger partial charge in [0.2, 0.25) is 0 Å². The molecule has 0 spiro atoms. The van der Waals surface area contributed by atoms with E-state index < -0.39 is 5.97 Å². The Bertz CT molecular complexity index is 606. The first-order chi connectivity index (χ1) is 9.06. The lowest BCUT2D eigenvalue weighted by Crippen LogP contribution is -2.13. The van der Waals surface area contributed by atoms with Crippen molar-refractivity contribution in [1.82, 2.24) is 9.97 Å². The number of aromatic carboxylic acids is 1. The molecule has 0 bridgehead atoms. The molecule has 0 fully saturated rings. The third kappa shape index (κ3) is 3.12. The zero-order chi connectivity index (χ0) is 13.8. The SMILES string of the molecule is Cc1ccc(NC(=O)c2ccc(C(=O)O)nc2)cn1. The van der Waals surface area contributed by atoms with E-state index in [2.05, 4.69) is 15.3 Å². The number of anilines is 1. The number of carboxylic acids is 1. The average molecular weight is 257 g/mol. The molecule has 0 saturated carbocycles. The first-order valence-corrected chi connectivity index (χ1v) is 5.49. The maximum Gasteiger partial charge on any atom is 0.354 e. The van der Waals surface area contributed by atoms with E-state index in [9.17, 15) is 9.59 Å². The van der Waals surface area contributed by atoms with Crippen molar-refractivity contribution >= 4 is 17.6 Å². The van der Waals surface area contributed by atoms with Crippen molar-refractivity contribution in [2.24, 2.45) is 0 Å². The summed E-state index contributed by atoms with van der Waals surface area (Å²) in [7, 11) is 0. The maximum atomic E-state index is 11.9. The molecule has 2 aromatic heterocycles. The number of aryl methyl sites for hydroxylation is 1. The monoisotopic (exact) mass is 257 g/mol. The van der Waals surface area contributed by atoms with Crippen molar-refractivity contribution in [2.75, 3.05) is 5.32 Å². The van der Waals surface area contributed by atoms with Gasteiger partial charge in [0.1, 0.15) is 5.69 Å². The zero-order valence-corrected chi connectivity index (χ0v) is 10.1. The topological polar surface area (TPSA) is 92.2 Å². The Morgan fingerprint density at radius 1 is 1.11 bits per heavy atom. The van der Waals surface area contributed by atoms with E-state index in [1.807, 2.05) is 6.92 Å². The summed E-state index contributed by atoms with van der Waals surface area (Å²) in [5, 5.41) is 11.3. The molecule has 0 aromatic carbocycles. The minimum atomic E-state index is -1.13. The molecular formula is C13H11N3O3. The van der Waals surface area contributed by atoms with Crippen LogP contribution < -0.4 is 5.32 Å². The van der Waals surface area contributed by atoms with Crippen LogP contribution in [0.5, 0.6) is 0 Å². The lowest BCUT2D eigenvalue weighted by Gasteiger charge is -2.05. The van der Waals surface area contributed by atoms with Crippen LogP contribution in [0, 0.1) is 6.92 Å². The Labute approximate surface area is 109 Å². The Kier molecular flexibility index (Phi) is 3.51. The molecule has 2 aromatic rings. The highest BCUT2D eigenvalue weighted by Crippen LogP contribution is 2.08. The van der Waals surface area contributed by atoms with Gasteiger partial charge in [0, 0.05) is 11.9 Å². The fourth-order valence-corrected chi connectivity index (χ4v) is 1.40. The van der Waals surface area contributed by atoms with Crippen molar-refractivity contribution in [3.8, 4) is 0 Å². The third-order valence-electron chi connectivity index (χ3n) is 2.41. The van der Waals surface area contributed by atoms with Crippen molar-refractivity contribution in [1.29, 1.82) is 0 Å². The average Bonchev–Trinajstić information content (AvgIpc) is 2.41. The predicted octanol–water partition coefficient (Wildman–Crippen LogP) is 1.74. The van der Waals surface area contributed by atoms with Gasteiger partial charge in [-0.1, -0.05) is 0 Å². The predicted molar refractivity (Wildman–Crippen MR) is 68.1 cm³/mol. The van der Waals surface area contributed by atoms with Gasteiger partial charge in [-0.25, -0.2) is 9.78 Å². The molecule has 6 nitrogen and oxygen atoms in total. The van der Waals surface area contributed by atoms with Gasteiger partial charge in [-0.05, 0) is 31.2 Å². The highest BCUT2D eigenvalue weighted by molar-refractivity contribution is 6.04. The van der Waals surface area contributed by atoms with Gasteiger partial charge < -0.3 is 10.4 Å². The first kappa shape index (κ1) is 12.7. The lowest BCUT2D eigenvalue weighted by atomic mass is 10.2. The zero-order valence-electron chi connectivity index (χ0n) is 10.1. The molecule has 2 N–H and O–H groups in total. The fourth-order valence-electron chi connectivity index (χ4n) is 1.40. The molecule has 0 atom stereocenters. The van der Waals surface area contributed by atoms with Crippen LogP contribution in [0.15, 0.2) is 36.7 Å². The normalized spacial score (nSPS) is 9.95. The molecule has 0 aliphatic rings. The maximum absolute atomic E-state index is 11.9. The van der Waals surface area contributed by atoms with E-state index in [1.54, 1.807) is 18.3 Å². The molecule has 0 saturated heterocycles. The van der Waals surface area contributed by atoms with Crippen LogP contribution in [-0.2, 0) is 0 Å². The molecule has 0 radical (unpaired) electrons. The standard InChI is InChI=1S/C13H11N3O3/c1-8-2-4-10(7-14-8)16-12(17)9-3-5-11(13(18)19)15-6-9/h2-7H,1H3,(H,16,17)(H,18,19). The second-order valence-electron chi connectivity index (χ2n) is 3.88. The third-order valence-corrected chi connectivity index (χ3v) is 2.41. The molecule has 1 amide bonds. The van der Waals surface area contributed by atoms with Gasteiger partial charge in [0.25, 0.3) is 5.91 Å². The van der Waals surface area contributed by atoms with Crippen LogP contribution in [-0.4, -0.2) is 27.0 Å². The minimum absolute atomic E-state index is 0.103. The van der Waals surface area contributed by atoms with E-state index in [0.29, 0.717) is 5.69 Å². The van der Waals surface area contributed by atoms with Gasteiger partial charge in [-0.2, -0.15) is 0 Å². The van der Waals surface area contributed by atoms with Crippen LogP contribution in [0.1, 0.15) is 26.5 Å². The van der Waals surface area contributed by atoms with Crippen LogP contribution in [0.25, 0.3) is 0 Å². The van der Waals surface area contributed by atoms with Crippen molar-refractivity contribution < 1.29 is 14.7 Å². The number of hydrogen-bond acceptors (Lipinski definition) is 4. The second kappa shape index (κ2) is 5.26. The summed E-state index contributed by atoms with van der Waals surface area (Å²) in [6.45, 7) is 1.85. The smallest absolute Gasteiger partial charge is 0.354 e. The quantitative estimate of drug-likeness (QED) is 0.873.